The van der Waals surface area contributed by atoms with Gasteiger partial charge in [0.05, 0.1) is 6.33 Å². The van der Waals surface area contributed by atoms with Crippen molar-refractivity contribution in [3.8, 4) is 0 Å². The van der Waals surface area contributed by atoms with Crippen LogP contribution >= 0.6 is 0 Å². The van der Waals surface area contributed by atoms with Gasteiger partial charge in [0.15, 0.2) is 5.69 Å². The van der Waals surface area contributed by atoms with Crippen molar-refractivity contribution in [2.75, 3.05) is 0 Å². The Morgan fingerprint density at radius 2 is 2.36 bits per heavy atom. The lowest BCUT2D eigenvalue weighted by Gasteiger charge is -1.92. The van der Waals surface area contributed by atoms with E-state index in [1.54, 1.807) is 0 Å². The van der Waals surface area contributed by atoms with Gasteiger partial charge in [-0.25, -0.2) is 9.98 Å². The minimum atomic E-state index is -0.218. The zero-order chi connectivity index (χ0) is 7.84. The van der Waals surface area contributed by atoms with Gasteiger partial charge in [-0.15, -0.1) is 0 Å². The molecule has 1 aromatic heterocycles. The molecule has 0 radical (unpaired) electrons. The normalized spacial score (nSPS) is 13.6. The van der Waals surface area contributed by atoms with Crippen LogP contribution < -0.4 is 5.56 Å². The molecule has 0 amide bonds. The van der Waals surface area contributed by atoms with E-state index in [4.69, 9.17) is 0 Å². The van der Waals surface area contributed by atoms with Crippen molar-refractivity contribution in [1.29, 1.82) is 0 Å². The van der Waals surface area contributed by atoms with Crippen molar-refractivity contribution in [3.63, 3.8) is 0 Å². The van der Waals surface area contributed by atoms with E-state index in [2.05, 4.69) is 21.5 Å². The van der Waals surface area contributed by atoms with Crippen LogP contribution in [0, 0.1) is 0 Å². The fourth-order valence-electron chi connectivity index (χ4n) is 0.951. The van der Waals surface area contributed by atoms with Gasteiger partial charge in [-0.3, -0.25) is 4.79 Å². The molecule has 1 N–H and O–H groups in total. The molecule has 1 aromatic rings. The largest absolute Gasteiger partial charge is 0.311 e. The van der Waals surface area contributed by atoms with Crippen LogP contribution in [0.5, 0.6) is 0 Å². The molecule has 0 bridgehead atoms. The molecule has 0 fully saturated rings. The molecule has 0 saturated carbocycles. The number of nitrogens with one attached hydrogen (secondary N) is 1. The number of nitrogens with zero attached hydrogens (tertiary/aromatic N) is 2. The predicted molar refractivity (Wildman–Crippen MR) is 42.0 cm³/mol. The lowest BCUT2D eigenvalue weighted by Crippen LogP contribution is -2.05. The van der Waals surface area contributed by atoms with Crippen LogP contribution in [0.2, 0.25) is 0 Å². The van der Waals surface area contributed by atoms with E-state index in [1.165, 1.54) is 12.5 Å². The fourth-order valence-corrected chi connectivity index (χ4v) is 0.951. The van der Waals surface area contributed by atoms with Gasteiger partial charge in [0.1, 0.15) is 5.69 Å². The topological polar surface area (TPSA) is 58.1 Å². The van der Waals surface area contributed by atoms with Crippen LogP contribution in [0.1, 0.15) is 5.69 Å². The predicted octanol–water partition coefficient (Wildman–Crippen LogP) is 0.499. The van der Waals surface area contributed by atoms with Crippen molar-refractivity contribution in [1.82, 2.24) is 9.97 Å². The van der Waals surface area contributed by atoms with Gasteiger partial charge < -0.3 is 4.98 Å². The summed E-state index contributed by atoms with van der Waals surface area (Å²) in [5, 5.41) is 0. The van der Waals surface area contributed by atoms with Crippen LogP contribution in [-0.4, -0.2) is 16.2 Å². The second-order valence-electron chi connectivity index (χ2n) is 2.21. The van der Waals surface area contributed by atoms with Crippen LogP contribution in [0.15, 0.2) is 22.7 Å². The summed E-state index contributed by atoms with van der Waals surface area (Å²) < 4.78 is 0. The van der Waals surface area contributed by atoms with E-state index in [0.29, 0.717) is 17.0 Å². The number of fused-ring (bicyclic) bond motifs is 1. The first-order valence-corrected chi connectivity index (χ1v) is 3.10. The van der Waals surface area contributed by atoms with E-state index in [-0.39, 0.29) is 5.56 Å². The number of aromatic amines is 1. The molecule has 1 aliphatic rings. The number of rotatable bonds is 0. The quantitative estimate of drug-likeness (QED) is 0.580. The molecule has 54 valence electrons. The third-order valence-electron chi connectivity index (χ3n) is 1.48. The van der Waals surface area contributed by atoms with Crippen molar-refractivity contribution in [2.45, 2.75) is 0 Å². The summed E-state index contributed by atoms with van der Waals surface area (Å²) in [5.41, 5.74) is 1.40. The fraction of sp³-hybridized carbons (Fsp3) is 0. The lowest BCUT2D eigenvalue weighted by atomic mass is 10.2. The highest BCUT2D eigenvalue weighted by molar-refractivity contribution is 6.14. The van der Waals surface area contributed by atoms with Crippen molar-refractivity contribution in [3.05, 3.63) is 29.0 Å². The third-order valence-corrected chi connectivity index (χ3v) is 1.48. The molecular formula is C7H5N3O. The van der Waals surface area contributed by atoms with Gasteiger partial charge in [0.2, 0.25) is 0 Å². The maximum Gasteiger partial charge on any atom is 0.277 e. The summed E-state index contributed by atoms with van der Waals surface area (Å²) in [6.45, 7) is 3.67. The molecule has 2 heterocycles. The summed E-state index contributed by atoms with van der Waals surface area (Å²) in [6.07, 6.45) is 2.88. The average molecular weight is 147 g/mol. The SMILES string of the molecule is C=C1C=Nc2c1nc[nH]c2=O. The van der Waals surface area contributed by atoms with E-state index in [1.807, 2.05) is 0 Å². The van der Waals surface area contributed by atoms with Crippen LogP contribution in [-0.2, 0) is 0 Å². The number of H-pyrrole nitrogens is 1. The van der Waals surface area contributed by atoms with Crippen molar-refractivity contribution < 1.29 is 0 Å². The first kappa shape index (κ1) is 6.03. The molecule has 0 aliphatic carbocycles. The molecule has 0 atom stereocenters. The number of aliphatic imine (C=N–C) groups is 1. The Kier molecular flexibility index (Phi) is 1.03. The second kappa shape index (κ2) is 1.88. The highest BCUT2D eigenvalue weighted by Crippen LogP contribution is 2.22. The highest BCUT2D eigenvalue weighted by atomic mass is 16.1. The lowest BCUT2D eigenvalue weighted by molar-refractivity contribution is 1.10. The monoisotopic (exact) mass is 147 g/mol. The number of aromatic nitrogens is 2. The zero-order valence-electron chi connectivity index (χ0n) is 5.66. The Labute approximate surface area is 62.3 Å². The van der Waals surface area contributed by atoms with Gasteiger partial charge in [0, 0.05) is 11.8 Å². The van der Waals surface area contributed by atoms with E-state index < -0.39 is 0 Å². The van der Waals surface area contributed by atoms with Gasteiger partial charge >= 0.3 is 0 Å². The highest BCUT2D eigenvalue weighted by Gasteiger charge is 2.13. The molecule has 0 aromatic carbocycles. The first-order valence-electron chi connectivity index (χ1n) is 3.10. The summed E-state index contributed by atoms with van der Waals surface area (Å²) in [5.74, 6) is 0. The average Bonchev–Trinajstić information content (AvgIpc) is 2.35. The molecule has 0 unspecified atom stereocenters. The minimum absolute atomic E-state index is 0.218. The second-order valence-corrected chi connectivity index (χ2v) is 2.21. The Hall–Kier alpha value is -1.71. The van der Waals surface area contributed by atoms with Crippen molar-refractivity contribution in [2.24, 2.45) is 4.99 Å². The Morgan fingerprint density at radius 3 is 3.09 bits per heavy atom. The van der Waals surface area contributed by atoms with E-state index in [0.717, 1.165) is 0 Å². The molecule has 0 spiro atoms. The molecule has 1 aliphatic heterocycles. The minimum Gasteiger partial charge on any atom is -0.311 e. The van der Waals surface area contributed by atoms with Gasteiger partial charge in [-0.05, 0) is 0 Å². The summed E-state index contributed by atoms with van der Waals surface area (Å²) in [7, 11) is 0. The summed E-state index contributed by atoms with van der Waals surface area (Å²) in [6, 6.07) is 0. The van der Waals surface area contributed by atoms with Crippen LogP contribution in [0.25, 0.3) is 5.57 Å². The summed E-state index contributed by atoms with van der Waals surface area (Å²) in [4.78, 5) is 21.2. The maximum absolute atomic E-state index is 11.0. The standard InChI is InChI=1S/C7H5N3O/c1-4-2-8-6-5(4)9-3-10-7(6)11/h2-3H,1H2,(H,9,10,11). The van der Waals surface area contributed by atoms with Crippen molar-refractivity contribution >= 4 is 17.5 Å². The Balaban J connectivity index is 2.84. The van der Waals surface area contributed by atoms with E-state index >= 15 is 0 Å². The third kappa shape index (κ3) is 0.724. The van der Waals surface area contributed by atoms with Gasteiger partial charge in [0.25, 0.3) is 5.56 Å². The molecular weight excluding hydrogens is 142 g/mol. The zero-order valence-corrected chi connectivity index (χ0v) is 5.66. The number of hydrogen-bond donors (Lipinski definition) is 1. The molecule has 11 heavy (non-hydrogen) atoms. The number of hydrogen-bond acceptors (Lipinski definition) is 3. The Bertz CT molecular complexity index is 402. The van der Waals surface area contributed by atoms with E-state index in [9.17, 15) is 4.79 Å². The van der Waals surface area contributed by atoms with Gasteiger partial charge in [-0.2, -0.15) is 0 Å². The smallest absolute Gasteiger partial charge is 0.277 e. The van der Waals surface area contributed by atoms with Gasteiger partial charge in [-0.1, -0.05) is 6.58 Å². The molecule has 0 saturated heterocycles. The van der Waals surface area contributed by atoms with Crippen LogP contribution in [0.4, 0.5) is 5.69 Å². The number of allylic oxidation sites excluding steroid dienone is 1. The molecule has 4 nitrogen and oxygen atoms in total. The first-order chi connectivity index (χ1) is 5.29. The summed E-state index contributed by atoms with van der Waals surface area (Å²) >= 11 is 0. The maximum atomic E-state index is 11.0. The van der Waals surface area contributed by atoms with Crippen LogP contribution in [0.3, 0.4) is 0 Å². The molecule has 2 rings (SSSR count). The Morgan fingerprint density at radius 1 is 1.55 bits per heavy atom. The molecule has 4 heteroatoms.